The van der Waals surface area contributed by atoms with Crippen LogP contribution >= 0.6 is 0 Å². The van der Waals surface area contributed by atoms with E-state index < -0.39 is 5.97 Å². The van der Waals surface area contributed by atoms with Gasteiger partial charge in [-0.15, -0.1) is 0 Å². The van der Waals surface area contributed by atoms with Crippen molar-refractivity contribution in [1.29, 1.82) is 0 Å². The SMILES string of the molecule is CC[C@@H](c1cccnc1)N(C)Cc1ncccc1C(=O)O. The summed E-state index contributed by atoms with van der Waals surface area (Å²) in [5, 5.41) is 9.22. The first-order valence-corrected chi connectivity index (χ1v) is 6.90. The molecule has 2 aromatic heterocycles. The lowest BCUT2D eigenvalue weighted by molar-refractivity contribution is 0.0693. The Morgan fingerprint density at radius 2 is 2.10 bits per heavy atom. The second kappa shape index (κ2) is 6.95. The molecule has 2 rings (SSSR count). The minimum Gasteiger partial charge on any atom is -0.478 e. The monoisotopic (exact) mass is 285 g/mol. The van der Waals surface area contributed by atoms with E-state index >= 15 is 0 Å². The molecule has 1 N–H and O–H groups in total. The topological polar surface area (TPSA) is 66.3 Å². The van der Waals surface area contributed by atoms with Gasteiger partial charge in [-0.05, 0) is 37.2 Å². The van der Waals surface area contributed by atoms with Gasteiger partial charge in [-0.25, -0.2) is 4.79 Å². The van der Waals surface area contributed by atoms with Crippen LogP contribution in [-0.4, -0.2) is 33.0 Å². The van der Waals surface area contributed by atoms with Crippen molar-refractivity contribution < 1.29 is 9.90 Å². The van der Waals surface area contributed by atoms with E-state index in [1.54, 1.807) is 24.5 Å². The number of pyridine rings is 2. The molecule has 0 saturated carbocycles. The Morgan fingerprint density at radius 1 is 1.33 bits per heavy atom. The molecular formula is C16H19N3O2. The van der Waals surface area contributed by atoms with Gasteiger partial charge >= 0.3 is 5.97 Å². The van der Waals surface area contributed by atoms with Crippen LogP contribution in [0.15, 0.2) is 42.9 Å². The van der Waals surface area contributed by atoms with Crippen molar-refractivity contribution in [2.75, 3.05) is 7.05 Å². The quantitative estimate of drug-likeness (QED) is 0.884. The molecule has 0 aliphatic heterocycles. The van der Waals surface area contributed by atoms with E-state index in [0.717, 1.165) is 12.0 Å². The third-order valence-corrected chi connectivity index (χ3v) is 3.51. The van der Waals surface area contributed by atoms with E-state index in [4.69, 9.17) is 0 Å². The molecule has 2 heterocycles. The van der Waals surface area contributed by atoms with Crippen LogP contribution in [0.1, 0.15) is 41.0 Å². The third-order valence-electron chi connectivity index (χ3n) is 3.51. The average Bonchev–Trinajstić information content (AvgIpc) is 2.49. The molecule has 0 bridgehead atoms. The van der Waals surface area contributed by atoms with Crippen molar-refractivity contribution in [2.24, 2.45) is 0 Å². The zero-order valence-corrected chi connectivity index (χ0v) is 12.2. The smallest absolute Gasteiger partial charge is 0.337 e. The number of hydrogen-bond donors (Lipinski definition) is 1. The van der Waals surface area contributed by atoms with E-state index in [1.165, 1.54) is 0 Å². The number of aromatic carboxylic acids is 1. The van der Waals surface area contributed by atoms with Crippen molar-refractivity contribution in [3.63, 3.8) is 0 Å². The second-order valence-corrected chi connectivity index (χ2v) is 4.93. The van der Waals surface area contributed by atoms with Crippen LogP contribution in [0.3, 0.4) is 0 Å². The first-order chi connectivity index (χ1) is 10.1. The molecule has 0 amide bonds. The number of carboxylic acids is 1. The molecule has 0 radical (unpaired) electrons. The Morgan fingerprint density at radius 3 is 2.71 bits per heavy atom. The van der Waals surface area contributed by atoms with Gasteiger partial charge < -0.3 is 5.11 Å². The molecule has 5 nitrogen and oxygen atoms in total. The third kappa shape index (κ3) is 3.64. The molecule has 0 aromatic carbocycles. The fraction of sp³-hybridized carbons (Fsp3) is 0.312. The highest BCUT2D eigenvalue weighted by molar-refractivity contribution is 5.88. The largest absolute Gasteiger partial charge is 0.478 e. The maximum atomic E-state index is 11.2. The van der Waals surface area contributed by atoms with Gasteiger partial charge in [0.05, 0.1) is 11.3 Å². The number of aromatic nitrogens is 2. The molecule has 0 saturated heterocycles. The van der Waals surface area contributed by atoms with Crippen LogP contribution in [0.25, 0.3) is 0 Å². The van der Waals surface area contributed by atoms with Crippen molar-refractivity contribution in [3.8, 4) is 0 Å². The summed E-state index contributed by atoms with van der Waals surface area (Å²) in [7, 11) is 1.97. The van der Waals surface area contributed by atoms with Gasteiger partial charge in [0.15, 0.2) is 0 Å². The van der Waals surface area contributed by atoms with Crippen molar-refractivity contribution in [1.82, 2.24) is 14.9 Å². The maximum Gasteiger partial charge on any atom is 0.337 e. The summed E-state index contributed by atoms with van der Waals surface area (Å²) in [6, 6.07) is 7.36. The maximum absolute atomic E-state index is 11.2. The Hall–Kier alpha value is -2.27. The Balaban J connectivity index is 2.21. The van der Waals surface area contributed by atoms with Crippen LogP contribution in [-0.2, 0) is 6.54 Å². The van der Waals surface area contributed by atoms with Crippen LogP contribution in [0.4, 0.5) is 0 Å². The molecule has 0 aliphatic carbocycles. The highest BCUT2D eigenvalue weighted by Crippen LogP contribution is 2.24. The second-order valence-electron chi connectivity index (χ2n) is 4.93. The number of rotatable bonds is 6. The van der Waals surface area contributed by atoms with Crippen LogP contribution in [0, 0.1) is 0 Å². The predicted molar refractivity (Wildman–Crippen MR) is 79.9 cm³/mol. The van der Waals surface area contributed by atoms with Gasteiger partial charge in [-0.1, -0.05) is 13.0 Å². The van der Waals surface area contributed by atoms with Gasteiger partial charge in [0.25, 0.3) is 0 Å². The molecular weight excluding hydrogens is 266 g/mol. The number of carbonyl (C=O) groups is 1. The van der Waals surface area contributed by atoms with Crippen LogP contribution < -0.4 is 0 Å². The molecule has 1 atom stereocenters. The minimum absolute atomic E-state index is 0.183. The fourth-order valence-corrected chi connectivity index (χ4v) is 2.48. The van der Waals surface area contributed by atoms with Gasteiger partial charge in [0.1, 0.15) is 0 Å². The van der Waals surface area contributed by atoms with Gasteiger partial charge in [-0.2, -0.15) is 0 Å². The summed E-state index contributed by atoms with van der Waals surface area (Å²) < 4.78 is 0. The molecule has 2 aromatic rings. The summed E-state index contributed by atoms with van der Waals surface area (Å²) in [4.78, 5) is 21.7. The van der Waals surface area contributed by atoms with Gasteiger partial charge in [0, 0.05) is 31.2 Å². The number of carboxylic acid groups (broad SMARTS) is 1. The summed E-state index contributed by atoms with van der Waals surface area (Å²) >= 11 is 0. The zero-order chi connectivity index (χ0) is 15.2. The van der Waals surface area contributed by atoms with Crippen molar-refractivity contribution in [3.05, 3.63) is 59.7 Å². The lowest BCUT2D eigenvalue weighted by Crippen LogP contribution is -2.25. The summed E-state index contributed by atoms with van der Waals surface area (Å²) in [6.45, 7) is 2.58. The van der Waals surface area contributed by atoms with Crippen molar-refractivity contribution in [2.45, 2.75) is 25.9 Å². The van der Waals surface area contributed by atoms with Gasteiger partial charge in [-0.3, -0.25) is 14.9 Å². The van der Waals surface area contributed by atoms with E-state index in [1.807, 2.05) is 25.4 Å². The average molecular weight is 285 g/mol. The first kappa shape index (κ1) is 15.1. The van der Waals surface area contributed by atoms with E-state index in [0.29, 0.717) is 12.2 Å². The van der Waals surface area contributed by atoms with Gasteiger partial charge in [0.2, 0.25) is 0 Å². The summed E-state index contributed by atoms with van der Waals surface area (Å²) in [5.41, 5.74) is 1.95. The Labute approximate surface area is 124 Å². The summed E-state index contributed by atoms with van der Waals surface area (Å²) in [5.74, 6) is -0.944. The standard InChI is InChI=1S/C16H19N3O2/c1-3-15(12-6-4-8-17-10-12)19(2)11-14-13(16(20)21)7-5-9-18-14/h4-10,15H,3,11H2,1-2H3,(H,20,21)/t15-/m0/s1. The van der Waals surface area contributed by atoms with E-state index in [2.05, 4.69) is 21.8 Å². The molecule has 110 valence electrons. The normalized spacial score (nSPS) is 12.3. The molecule has 5 heteroatoms. The number of hydrogen-bond acceptors (Lipinski definition) is 4. The van der Waals surface area contributed by atoms with E-state index in [9.17, 15) is 9.90 Å². The molecule has 21 heavy (non-hydrogen) atoms. The minimum atomic E-state index is -0.944. The van der Waals surface area contributed by atoms with Crippen LogP contribution in [0.2, 0.25) is 0 Å². The highest BCUT2D eigenvalue weighted by Gasteiger charge is 2.18. The fourth-order valence-electron chi connectivity index (χ4n) is 2.48. The molecule has 0 fully saturated rings. The predicted octanol–water partition coefficient (Wildman–Crippen LogP) is 2.76. The van der Waals surface area contributed by atoms with Crippen molar-refractivity contribution >= 4 is 5.97 Å². The zero-order valence-electron chi connectivity index (χ0n) is 12.2. The lowest BCUT2D eigenvalue weighted by Gasteiger charge is -2.27. The molecule has 0 aliphatic rings. The Bertz CT molecular complexity index is 601. The highest BCUT2D eigenvalue weighted by atomic mass is 16.4. The molecule has 0 unspecified atom stereocenters. The number of nitrogens with zero attached hydrogens (tertiary/aromatic N) is 3. The first-order valence-electron chi connectivity index (χ1n) is 6.90. The molecule has 0 spiro atoms. The lowest BCUT2D eigenvalue weighted by atomic mass is 10.0. The van der Waals surface area contributed by atoms with E-state index in [-0.39, 0.29) is 11.6 Å². The van der Waals surface area contributed by atoms with Crippen LogP contribution in [0.5, 0.6) is 0 Å². The summed E-state index contributed by atoms with van der Waals surface area (Å²) in [6.07, 6.45) is 6.14. The Kier molecular flexibility index (Phi) is 5.00.